The highest BCUT2D eigenvalue weighted by atomic mass is 35.5. The van der Waals surface area contributed by atoms with E-state index in [0.29, 0.717) is 32.4 Å². The molecule has 1 heterocycles. The van der Waals surface area contributed by atoms with E-state index in [1.54, 1.807) is 45.0 Å². The molecule has 1 atom stereocenters. The molecular weight excluding hydrogens is 433 g/mol. The van der Waals surface area contributed by atoms with Crippen LogP contribution in [0.5, 0.6) is 0 Å². The van der Waals surface area contributed by atoms with E-state index in [4.69, 9.17) is 39.5 Å². The van der Waals surface area contributed by atoms with Crippen LogP contribution in [0.4, 0.5) is 0 Å². The molecule has 0 spiro atoms. The Morgan fingerprint density at radius 1 is 1.14 bits per heavy atom. The summed E-state index contributed by atoms with van der Waals surface area (Å²) in [5, 5.41) is 11.9. The Hall–Kier alpha value is -1.85. The number of carbonyl (C=O) groups is 1. The van der Waals surface area contributed by atoms with Crippen LogP contribution in [0.3, 0.4) is 0 Å². The fraction of sp³-hybridized carbons (Fsp3) is 0.273. The van der Waals surface area contributed by atoms with Crippen LogP contribution < -0.4 is 0 Å². The molecule has 4 nitrogen and oxygen atoms in total. The highest BCUT2D eigenvalue weighted by Crippen LogP contribution is 2.40. The molecule has 3 aromatic rings. The van der Waals surface area contributed by atoms with Gasteiger partial charge in [0.1, 0.15) is 0 Å². The molecule has 0 fully saturated rings. The monoisotopic (exact) mass is 451 g/mol. The van der Waals surface area contributed by atoms with Gasteiger partial charge in [-0.15, -0.1) is 11.6 Å². The molecule has 1 unspecified atom stereocenters. The lowest BCUT2D eigenvalue weighted by Crippen LogP contribution is -2.32. The molecule has 2 aromatic carbocycles. The molecule has 29 heavy (non-hydrogen) atoms. The number of nitrogens with zero attached hydrogens (tertiary/aromatic N) is 1. The van der Waals surface area contributed by atoms with Crippen molar-refractivity contribution in [2.75, 3.05) is 5.88 Å². The highest BCUT2D eigenvalue weighted by molar-refractivity contribution is 6.31. The number of hydrogen-bond acceptors (Lipinski definition) is 3. The van der Waals surface area contributed by atoms with E-state index in [0.717, 1.165) is 10.9 Å². The Kier molecular flexibility index (Phi) is 6.39. The first-order valence-corrected chi connectivity index (χ1v) is 10.2. The number of ether oxygens (including phenoxy) is 1. The van der Waals surface area contributed by atoms with Crippen LogP contribution in [0.15, 0.2) is 42.5 Å². The lowest BCUT2D eigenvalue weighted by atomic mass is 9.91. The second-order valence-corrected chi connectivity index (χ2v) is 8.52. The third-order valence-electron chi connectivity index (χ3n) is 4.55. The highest BCUT2D eigenvalue weighted by Gasteiger charge is 2.33. The molecule has 0 aliphatic heterocycles. The summed E-state index contributed by atoms with van der Waals surface area (Å²) in [7, 11) is 0. The summed E-state index contributed by atoms with van der Waals surface area (Å²) < 4.78 is 5.95. The summed E-state index contributed by atoms with van der Waals surface area (Å²) in [6, 6.07) is 12.5. The van der Waals surface area contributed by atoms with Crippen LogP contribution in [0.1, 0.15) is 31.2 Å². The molecule has 0 saturated carbocycles. The Morgan fingerprint density at radius 2 is 1.76 bits per heavy atom. The van der Waals surface area contributed by atoms with Crippen molar-refractivity contribution in [1.82, 2.24) is 4.98 Å². The van der Waals surface area contributed by atoms with Crippen molar-refractivity contribution in [3.63, 3.8) is 0 Å². The van der Waals surface area contributed by atoms with E-state index < -0.39 is 17.7 Å². The molecule has 0 amide bonds. The van der Waals surface area contributed by atoms with Crippen molar-refractivity contribution in [2.24, 2.45) is 0 Å². The fourth-order valence-electron chi connectivity index (χ4n) is 3.20. The van der Waals surface area contributed by atoms with Crippen LogP contribution in [-0.4, -0.2) is 27.5 Å². The van der Waals surface area contributed by atoms with Crippen LogP contribution in [0, 0.1) is 6.92 Å². The second-order valence-electron chi connectivity index (χ2n) is 7.38. The molecule has 1 aromatic heterocycles. The molecule has 0 saturated heterocycles. The van der Waals surface area contributed by atoms with Gasteiger partial charge in [0.05, 0.1) is 17.0 Å². The third kappa shape index (κ3) is 4.67. The quantitative estimate of drug-likeness (QED) is 0.424. The minimum absolute atomic E-state index is 0.138. The number of hydrogen-bond donors (Lipinski definition) is 1. The summed E-state index contributed by atoms with van der Waals surface area (Å²) in [5.74, 6) is -0.983. The molecular formula is C22H20Cl3NO3. The van der Waals surface area contributed by atoms with Gasteiger partial charge < -0.3 is 9.84 Å². The lowest BCUT2D eigenvalue weighted by molar-refractivity contribution is -0.160. The SMILES string of the molecule is Cc1nc2ccc(Cl)cc2c(-c2ccc(Cl)cc2)c1C(OC(C)(C)CCl)C(=O)O. The molecule has 0 aliphatic rings. The Labute approximate surface area is 184 Å². The van der Waals surface area contributed by atoms with Crippen molar-refractivity contribution < 1.29 is 14.6 Å². The average molecular weight is 453 g/mol. The van der Waals surface area contributed by atoms with Gasteiger partial charge in [-0.1, -0.05) is 35.3 Å². The molecule has 7 heteroatoms. The van der Waals surface area contributed by atoms with E-state index in [-0.39, 0.29) is 5.88 Å². The minimum atomic E-state index is -1.26. The normalized spacial score (nSPS) is 12.9. The molecule has 0 bridgehead atoms. The Bertz CT molecular complexity index is 1070. The number of carboxylic acid groups (broad SMARTS) is 1. The zero-order chi connectivity index (χ0) is 21.3. The van der Waals surface area contributed by atoms with Crippen molar-refractivity contribution in [3.05, 3.63) is 63.8 Å². The maximum atomic E-state index is 12.2. The van der Waals surface area contributed by atoms with Gasteiger partial charge >= 0.3 is 5.97 Å². The summed E-state index contributed by atoms with van der Waals surface area (Å²) >= 11 is 18.3. The number of pyridine rings is 1. The largest absolute Gasteiger partial charge is 0.479 e. The minimum Gasteiger partial charge on any atom is -0.479 e. The van der Waals surface area contributed by atoms with E-state index in [2.05, 4.69) is 4.98 Å². The van der Waals surface area contributed by atoms with Gasteiger partial charge in [-0.25, -0.2) is 4.79 Å². The van der Waals surface area contributed by atoms with Crippen molar-refractivity contribution in [3.8, 4) is 11.1 Å². The summed E-state index contributed by atoms with van der Waals surface area (Å²) in [6.07, 6.45) is -1.26. The topological polar surface area (TPSA) is 59.4 Å². The maximum absolute atomic E-state index is 12.2. The number of rotatable bonds is 6. The van der Waals surface area contributed by atoms with E-state index in [1.807, 2.05) is 18.2 Å². The van der Waals surface area contributed by atoms with Crippen molar-refractivity contribution in [1.29, 1.82) is 0 Å². The average Bonchev–Trinajstić information content (AvgIpc) is 2.66. The molecule has 1 N–H and O–H groups in total. The van der Waals surface area contributed by atoms with Crippen molar-refractivity contribution in [2.45, 2.75) is 32.5 Å². The van der Waals surface area contributed by atoms with Gasteiger partial charge in [-0.3, -0.25) is 4.98 Å². The maximum Gasteiger partial charge on any atom is 0.337 e. The number of alkyl halides is 1. The fourth-order valence-corrected chi connectivity index (χ4v) is 3.57. The molecule has 0 aliphatic carbocycles. The summed E-state index contributed by atoms with van der Waals surface area (Å²) in [4.78, 5) is 16.9. The van der Waals surface area contributed by atoms with Gasteiger partial charge in [-0.2, -0.15) is 0 Å². The Balaban J connectivity index is 2.38. The second kappa shape index (κ2) is 8.49. The number of carboxylic acids is 1. The van der Waals surface area contributed by atoms with Gasteiger partial charge in [0.25, 0.3) is 0 Å². The first-order valence-electron chi connectivity index (χ1n) is 8.95. The summed E-state index contributed by atoms with van der Waals surface area (Å²) in [6.45, 7) is 5.27. The smallest absolute Gasteiger partial charge is 0.337 e. The number of halogens is 3. The first-order chi connectivity index (χ1) is 13.6. The van der Waals surface area contributed by atoms with E-state index in [1.165, 1.54) is 0 Å². The molecule has 0 radical (unpaired) electrons. The lowest BCUT2D eigenvalue weighted by Gasteiger charge is -2.29. The van der Waals surface area contributed by atoms with Gasteiger partial charge in [-0.05, 0) is 62.2 Å². The van der Waals surface area contributed by atoms with Crippen LogP contribution in [0.25, 0.3) is 22.0 Å². The number of fused-ring (bicyclic) bond motifs is 1. The number of aromatic nitrogens is 1. The van der Waals surface area contributed by atoms with Crippen molar-refractivity contribution >= 4 is 51.7 Å². The molecule has 3 rings (SSSR count). The summed E-state index contributed by atoms with van der Waals surface area (Å²) in [5.41, 5.74) is 2.37. The predicted molar refractivity (Wildman–Crippen MR) is 118 cm³/mol. The van der Waals surface area contributed by atoms with Crippen LogP contribution in [0.2, 0.25) is 10.0 Å². The van der Waals surface area contributed by atoms with Crippen LogP contribution >= 0.6 is 34.8 Å². The van der Waals surface area contributed by atoms with Gasteiger partial charge in [0.2, 0.25) is 0 Å². The van der Waals surface area contributed by atoms with Gasteiger partial charge in [0.15, 0.2) is 6.10 Å². The number of benzene rings is 2. The number of aryl methyl sites for hydroxylation is 1. The molecule has 152 valence electrons. The Morgan fingerprint density at radius 3 is 2.34 bits per heavy atom. The number of aliphatic carboxylic acids is 1. The first kappa shape index (κ1) is 21.8. The zero-order valence-corrected chi connectivity index (χ0v) is 18.4. The predicted octanol–water partition coefficient (Wildman–Crippen LogP) is 6.68. The van der Waals surface area contributed by atoms with Gasteiger partial charge in [0, 0.05) is 26.7 Å². The third-order valence-corrected chi connectivity index (χ3v) is 5.68. The van der Waals surface area contributed by atoms with E-state index in [9.17, 15) is 9.90 Å². The van der Waals surface area contributed by atoms with Crippen LogP contribution in [-0.2, 0) is 9.53 Å². The standard InChI is InChI=1S/C22H20Cl3NO3/c1-12-18(20(21(27)28)29-22(2,3)11-23)19(13-4-6-14(24)7-5-13)16-10-15(25)8-9-17(16)26-12/h4-10,20H,11H2,1-3H3,(H,27,28). The zero-order valence-electron chi connectivity index (χ0n) is 16.2. The van der Waals surface area contributed by atoms with E-state index >= 15 is 0 Å².